The van der Waals surface area contributed by atoms with Gasteiger partial charge in [0.15, 0.2) is 11.5 Å². The van der Waals surface area contributed by atoms with Crippen molar-refractivity contribution in [1.29, 1.82) is 5.26 Å². The third-order valence-electron chi connectivity index (χ3n) is 2.31. The Morgan fingerprint density at radius 2 is 2.11 bits per heavy atom. The van der Waals surface area contributed by atoms with Crippen LogP contribution in [0.15, 0.2) is 12.1 Å². The van der Waals surface area contributed by atoms with Gasteiger partial charge >= 0.3 is 12.6 Å². The van der Waals surface area contributed by atoms with Crippen LogP contribution in [0.1, 0.15) is 11.1 Å². The number of carbonyl (C=O) groups excluding carboxylic acids is 1. The number of rotatable bonds is 5. The Bertz CT molecular complexity index is 511. The molecule has 0 saturated heterocycles. The number of benzene rings is 1. The highest BCUT2D eigenvalue weighted by Gasteiger charge is 2.20. The van der Waals surface area contributed by atoms with Crippen LogP contribution in [-0.4, -0.2) is 26.8 Å². The molecule has 19 heavy (non-hydrogen) atoms. The van der Waals surface area contributed by atoms with Crippen molar-refractivity contribution in [3.05, 3.63) is 23.3 Å². The molecule has 5 nitrogen and oxygen atoms in total. The number of hydrogen-bond donors (Lipinski definition) is 0. The average Bonchev–Trinajstić information content (AvgIpc) is 2.38. The van der Waals surface area contributed by atoms with Gasteiger partial charge in [-0.1, -0.05) is 6.07 Å². The van der Waals surface area contributed by atoms with E-state index in [-0.39, 0.29) is 29.0 Å². The van der Waals surface area contributed by atoms with E-state index in [0.717, 1.165) is 0 Å². The molecule has 102 valence electrons. The van der Waals surface area contributed by atoms with Gasteiger partial charge in [0.1, 0.15) is 11.6 Å². The zero-order chi connectivity index (χ0) is 14.4. The van der Waals surface area contributed by atoms with Crippen LogP contribution in [0.4, 0.5) is 8.78 Å². The van der Waals surface area contributed by atoms with Crippen molar-refractivity contribution in [3.63, 3.8) is 0 Å². The van der Waals surface area contributed by atoms with Gasteiger partial charge in [-0.3, -0.25) is 4.79 Å². The molecule has 0 aliphatic heterocycles. The quantitative estimate of drug-likeness (QED) is 0.765. The second-order valence-electron chi connectivity index (χ2n) is 3.37. The molecule has 0 saturated carbocycles. The Balaban J connectivity index is 3.28. The first-order chi connectivity index (χ1) is 9.03. The number of ether oxygens (including phenoxy) is 3. The molecule has 0 radical (unpaired) electrons. The lowest BCUT2D eigenvalue weighted by molar-refractivity contribution is -0.139. The molecule has 0 atom stereocenters. The molecule has 0 aliphatic carbocycles. The molecule has 0 bridgehead atoms. The first-order valence-electron chi connectivity index (χ1n) is 5.15. The molecule has 0 aliphatic rings. The number of halogens is 2. The number of nitriles is 1. The van der Waals surface area contributed by atoms with Crippen molar-refractivity contribution in [2.45, 2.75) is 13.0 Å². The molecule has 0 heterocycles. The van der Waals surface area contributed by atoms with Gasteiger partial charge < -0.3 is 14.2 Å². The maximum absolute atomic E-state index is 12.3. The van der Waals surface area contributed by atoms with Gasteiger partial charge in [-0.05, 0) is 11.6 Å². The number of alkyl halides is 2. The van der Waals surface area contributed by atoms with E-state index in [2.05, 4.69) is 9.47 Å². The van der Waals surface area contributed by atoms with Crippen molar-refractivity contribution < 1.29 is 27.8 Å². The molecule has 0 spiro atoms. The molecule has 0 aromatic heterocycles. The third-order valence-corrected chi connectivity index (χ3v) is 2.31. The highest BCUT2D eigenvalue weighted by atomic mass is 19.3. The summed E-state index contributed by atoms with van der Waals surface area (Å²) in [5.41, 5.74) is 0.0517. The zero-order valence-corrected chi connectivity index (χ0v) is 10.3. The van der Waals surface area contributed by atoms with E-state index in [1.54, 1.807) is 6.07 Å². The second kappa shape index (κ2) is 6.54. The van der Waals surface area contributed by atoms with Crippen molar-refractivity contribution in [2.24, 2.45) is 0 Å². The van der Waals surface area contributed by atoms with Gasteiger partial charge in [0.05, 0.1) is 20.6 Å². The number of hydrogen-bond acceptors (Lipinski definition) is 5. The van der Waals surface area contributed by atoms with Crippen LogP contribution in [0.25, 0.3) is 0 Å². The Hall–Kier alpha value is -2.36. The molecular weight excluding hydrogens is 260 g/mol. The molecule has 1 aromatic rings. The van der Waals surface area contributed by atoms with E-state index >= 15 is 0 Å². The summed E-state index contributed by atoms with van der Waals surface area (Å²) >= 11 is 0. The van der Waals surface area contributed by atoms with Gasteiger partial charge in [-0.25, -0.2) is 0 Å². The first-order valence-corrected chi connectivity index (χ1v) is 5.15. The highest BCUT2D eigenvalue weighted by molar-refractivity contribution is 5.74. The van der Waals surface area contributed by atoms with Crippen LogP contribution >= 0.6 is 0 Å². The largest absolute Gasteiger partial charge is 0.493 e. The summed E-state index contributed by atoms with van der Waals surface area (Å²) in [6.45, 7) is -3.10. The average molecular weight is 271 g/mol. The molecule has 1 rings (SSSR count). The molecule has 0 amide bonds. The fourth-order valence-corrected chi connectivity index (χ4v) is 1.47. The van der Waals surface area contributed by atoms with Gasteiger partial charge in [0.2, 0.25) is 0 Å². The van der Waals surface area contributed by atoms with Gasteiger partial charge in [0.25, 0.3) is 0 Å². The first kappa shape index (κ1) is 14.7. The van der Waals surface area contributed by atoms with Crippen LogP contribution in [0.5, 0.6) is 11.5 Å². The van der Waals surface area contributed by atoms with Crippen molar-refractivity contribution >= 4 is 5.97 Å². The van der Waals surface area contributed by atoms with Crippen molar-refractivity contribution in [2.75, 3.05) is 14.2 Å². The molecular formula is C12H11F2NO4. The fraction of sp³-hybridized carbons (Fsp3) is 0.333. The fourth-order valence-electron chi connectivity index (χ4n) is 1.47. The SMILES string of the molecule is COC(=O)Cc1ccc(OC)c(OC(F)F)c1C#N. The minimum Gasteiger partial charge on any atom is -0.493 e. The Morgan fingerprint density at radius 1 is 1.42 bits per heavy atom. The van der Waals surface area contributed by atoms with Crippen LogP contribution in [0.3, 0.4) is 0 Å². The lowest BCUT2D eigenvalue weighted by Crippen LogP contribution is -2.10. The lowest BCUT2D eigenvalue weighted by Gasteiger charge is -2.13. The van der Waals surface area contributed by atoms with Crippen LogP contribution in [0, 0.1) is 11.3 Å². The topological polar surface area (TPSA) is 68.6 Å². The summed E-state index contributed by atoms with van der Waals surface area (Å²) < 4.78 is 38.3. The standard InChI is InChI=1S/C12H11F2NO4/c1-17-9-4-3-7(5-10(16)18-2)8(6-15)11(9)19-12(13)14/h3-4,12H,5H2,1-2H3. The molecule has 0 unspecified atom stereocenters. The van der Waals surface area contributed by atoms with E-state index in [0.29, 0.717) is 0 Å². The molecule has 1 aromatic carbocycles. The summed E-state index contributed by atoms with van der Waals surface area (Å²) in [7, 11) is 2.45. The van der Waals surface area contributed by atoms with E-state index in [1.165, 1.54) is 26.4 Å². The second-order valence-corrected chi connectivity index (χ2v) is 3.37. The summed E-state index contributed by atoms with van der Waals surface area (Å²) in [6, 6.07) is 4.49. The summed E-state index contributed by atoms with van der Waals surface area (Å²) in [5, 5.41) is 9.04. The number of nitrogens with zero attached hydrogens (tertiary/aromatic N) is 1. The number of esters is 1. The van der Waals surface area contributed by atoms with Crippen LogP contribution in [-0.2, 0) is 16.0 Å². The number of methoxy groups -OCH3 is 2. The van der Waals surface area contributed by atoms with Gasteiger partial charge in [0, 0.05) is 0 Å². The van der Waals surface area contributed by atoms with Crippen molar-refractivity contribution in [3.8, 4) is 17.6 Å². The molecule has 0 fully saturated rings. The Labute approximate surface area is 108 Å². The minimum atomic E-state index is -3.10. The van der Waals surface area contributed by atoms with Crippen molar-refractivity contribution in [1.82, 2.24) is 0 Å². The summed E-state index contributed by atoms with van der Waals surface area (Å²) in [6.07, 6.45) is -0.219. The predicted octanol–water partition coefficient (Wildman–Crippen LogP) is 1.88. The minimum absolute atomic E-state index is 0.00883. The Kier molecular flexibility index (Phi) is 5.06. The van der Waals surface area contributed by atoms with E-state index < -0.39 is 12.6 Å². The van der Waals surface area contributed by atoms with Gasteiger partial charge in [-0.15, -0.1) is 0 Å². The summed E-state index contributed by atoms with van der Waals surface area (Å²) in [4.78, 5) is 11.2. The summed E-state index contributed by atoms with van der Waals surface area (Å²) in [5.74, 6) is -0.989. The zero-order valence-electron chi connectivity index (χ0n) is 10.3. The maximum Gasteiger partial charge on any atom is 0.387 e. The lowest BCUT2D eigenvalue weighted by atomic mass is 10.0. The van der Waals surface area contributed by atoms with E-state index in [9.17, 15) is 13.6 Å². The highest BCUT2D eigenvalue weighted by Crippen LogP contribution is 2.34. The normalized spacial score (nSPS) is 9.89. The van der Waals surface area contributed by atoms with Gasteiger partial charge in [-0.2, -0.15) is 14.0 Å². The molecule has 0 N–H and O–H groups in total. The smallest absolute Gasteiger partial charge is 0.387 e. The number of carbonyl (C=O) groups is 1. The van der Waals surface area contributed by atoms with E-state index in [1.807, 2.05) is 0 Å². The van der Waals surface area contributed by atoms with E-state index in [4.69, 9.17) is 10.00 Å². The van der Waals surface area contributed by atoms with Crippen LogP contribution in [0.2, 0.25) is 0 Å². The molecule has 7 heteroatoms. The maximum atomic E-state index is 12.3. The Morgan fingerprint density at radius 3 is 2.58 bits per heavy atom. The third kappa shape index (κ3) is 3.55. The predicted molar refractivity (Wildman–Crippen MR) is 60.1 cm³/mol. The van der Waals surface area contributed by atoms with Crippen LogP contribution < -0.4 is 9.47 Å². The monoisotopic (exact) mass is 271 g/mol.